The highest BCUT2D eigenvalue weighted by Crippen LogP contribution is 2.34. The van der Waals surface area contributed by atoms with Crippen LogP contribution in [0.4, 0.5) is 0 Å². The van der Waals surface area contributed by atoms with Crippen molar-refractivity contribution in [1.29, 1.82) is 0 Å². The predicted molar refractivity (Wildman–Crippen MR) is 106 cm³/mol. The van der Waals surface area contributed by atoms with Gasteiger partial charge in [-0.2, -0.15) is 5.10 Å². The van der Waals surface area contributed by atoms with Crippen molar-refractivity contribution in [3.05, 3.63) is 64.3 Å². The molecule has 0 bridgehead atoms. The summed E-state index contributed by atoms with van der Waals surface area (Å²) in [5, 5.41) is 19.4. The Labute approximate surface area is 171 Å². The fraction of sp³-hybridized carbons (Fsp3) is 0.111. The van der Waals surface area contributed by atoms with Crippen LogP contribution in [0.2, 0.25) is 10.0 Å². The molecular weight excluding hydrogens is 425 g/mol. The van der Waals surface area contributed by atoms with E-state index in [9.17, 15) is 13.2 Å². The van der Waals surface area contributed by atoms with E-state index in [-0.39, 0.29) is 17.7 Å². The van der Waals surface area contributed by atoms with E-state index >= 15 is 0 Å². The third kappa shape index (κ3) is 4.36. The fourth-order valence-electron chi connectivity index (χ4n) is 2.65. The molecule has 146 valence electrons. The molecule has 0 fully saturated rings. The van der Waals surface area contributed by atoms with Gasteiger partial charge in [-0.1, -0.05) is 35.3 Å². The number of nitrogens with two attached hydrogens (primary N) is 1. The van der Waals surface area contributed by atoms with Crippen LogP contribution in [-0.4, -0.2) is 29.3 Å². The van der Waals surface area contributed by atoms with Crippen LogP contribution >= 0.6 is 23.2 Å². The molecular formula is C18H15Cl2N3O4S. The molecule has 0 aliphatic heterocycles. The molecule has 2 aromatic carbocycles. The molecule has 0 saturated carbocycles. The Balaban J connectivity index is 2.14. The average molecular weight is 440 g/mol. The van der Waals surface area contributed by atoms with E-state index in [0.717, 1.165) is 5.56 Å². The van der Waals surface area contributed by atoms with E-state index < -0.39 is 16.0 Å². The number of carbonyl (C=O) groups is 1. The molecule has 0 amide bonds. The van der Waals surface area contributed by atoms with E-state index in [4.69, 9.17) is 33.4 Å². The lowest BCUT2D eigenvalue weighted by Gasteiger charge is -2.09. The van der Waals surface area contributed by atoms with E-state index in [1.54, 1.807) is 36.4 Å². The van der Waals surface area contributed by atoms with Gasteiger partial charge in [0.15, 0.2) is 0 Å². The Morgan fingerprint density at radius 3 is 2.21 bits per heavy atom. The lowest BCUT2D eigenvalue weighted by atomic mass is 10.1. The molecule has 0 saturated heterocycles. The van der Waals surface area contributed by atoms with E-state index in [1.165, 1.54) is 16.8 Å². The van der Waals surface area contributed by atoms with E-state index in [0.29, 0.717) is 27.1 Å². The number of aromatic nitrogens is 2. The van der Waals surface area contributed by atoms with Gasteiger partial charge in [-0.25, -0.2) is 18.2 Å². The Bertz CT molecular complexity index is 1120. The van der Waals surface area contributed by atoms with Gasteiger partial charge in [0.1, 0.15) is 0 Å². The second kappa shape index (κ2) is 7.92. The number of benzene rings is 2. The van der Waals surface area contributed by atoms with Crippen LogP contribution in [0.3, 0.4) is 0 Å². The molecule has 0 spiro atoms. The Kier molecular flexibility index (Phi) is 5.76. The summed E-state index contributed by atoms with van der Waals surface area (Å²) in [6.07, 6.45) is 0.0260. The number of hydrogen-bond acceptors (Lipinski definition) is 4. The molecule has 1 aromatic heterocycles. The highest BCUT2D eigenvalue weighted by molar-refractivity contribution is 7.89. The molecule has 0 aliphatic carbocycles. The number of rotatable bonds is 6. The first-order valence-corrected chi connectivity index (χ1v) is 10.4. The Hall–Kier alpha value is -2.39. The zero-order valence-electron chi connectivity index (χ0n) is 14.3. The SMILES string of the molecule is NS(=O)(=O)c1ccc(-n2nc(CCC(=O)O)c(Cl)c2-c2ccc(Cl)cc2)cc1. The number of primary sulfonamides is 1. The second-order valence-electron chi connectivity index (χ2n) is 5.96. The van der Waals surface area contributed by atoms with Crippen LogP contribution in [0.25, 0.3) is 16.9 Å². The minimum Gasteiger partial charge on any atom is -0.481 e. The number of sulfonamides is 1. The summed E-state index contributed by atoms with van der Waals surface area (Å²) >= 11 is 12.5. The predicted octanol–water partition coefficient (Wildman–Crippen LogP) is 3.51. The van der Waals surface area contributed by atoms with Crippen LogP contribution in [-0.2, 0) is 21.2 Å². The van der Waals surface area contributed by atoms with Gasteiger partial charge in [0.25, 0.3) is 0 Å². The van der Waals surface area contributed by atoms with Gasteiger partial charge < -0.3 is 5.11 Å². The maximum absolute atomic E-state index is 11.5. The molecule has 7 nitrogen and oxygen atoms in total. The smallest absolute Gasteiger partial charge is 0.303 e. The maximum Gasteiger partial charge on any atom is 0.303 e. The quantitative estimate of drug-likeness (QED) is 0.609. The van der Waals surface area contributed by atoms with E-state index in [1.807, 2.05) is 0 Å². The summed E-state index contributed by atoms with van der Waals surface area (Å²) in [5.74, 6) is -0.962. The molecule has 28 heavy (non-hydrogen) atoms. The molecule has 10 heteroatoms. The molecule has 0 aliphatic rings. The van der Waals surface area contributed by atoms with Crippen molar-refractivity contribution in [2.24, 2.45) is 5.14 Å². The molecule has 0 unspecified atom stereocenters. The van der Waals surface area contributed by atoms with Crippen LogP contribution in [0.1, 0.15) is 12.1 Å². The summed E-state index contributed by atoms with van der Waals surface area (Å²) in [6.45, 7) is 0. The first-order valence-electron chi connectivity index (χ1n) is 8.05. The van der Waals surface area contributed by atoms with E-state index in [2.05, 4.69) is 5.10 Å². The molecule has 1 heterocycles. The summed E-state index contributed by atoms with van der Waals surface area (Å²) in [6, 6.07) is 12.7. The van der Waals surface area contributed by atoms with Gasteiger partial charge in [-0.3, -0.25) is 4.79 Å². The first kappa shape index (κ1) is 20.3. The highest BCUT2D eigenvalue weighted by Gasteiger charge is 2.20. The van der Waals surface area contributed by atoms with Gasteiger partial charge >= 0.3 is 5.97 Å². The van der Waals surface area contributed by atoms with Gasteiger partial charge in [-0.05, 0) is 36.4 Å². The number of hydrogen-bond donors (Lipinski definition) is 2. The summed E-state index contributed by atoms with van der Waals surface area (Å²) < 4.78 is 24.5. The van der Waals surface area contributed by atoms with Crippen LogP contribution in [0.5, 0.6) is 0 Å². The Morgan fingerprint density at radius 1 is 1.07 bits per heavy atom. The number of halogens is 2. The molecule has 0 radical (unpaired) electrons. The summed E-state index contributed by atoms with van der Waals surface area (Å²) in [7, 11) is -3.83. The van der Waals surface area contributed by atoms with Gasteiger partial charge in [0, 0.05) is 17.0 Å². The van der Waals surface area contributed by atoms with Crippen LogP contribution in [0.15, 0.2) is 53.4 Å². The monoisotopic (exact) mass is 439 g/mol. The highest BCUT2D eigenvalue weighted by atomic mass is 35.5. The number of aliphatic carboxylic acids is 1. The lowest BCUT2D eigenvalue weighted by molar-refractivity contribution is -0.136. The van der Waals surface area contributed by atoms with Crippen LogP contribution in [0, 0.1) is 0 Å². The van der Waals surface area contributed by atoms with Crippen molar-refractivity contribution < 1.29 is 18.3 Å². The topological polar surface area (TPSA) is 115 Å². The van der Waals surface area contributed by atoms with Crippen molar-refractivity contribution in [3.63, 3.8) is 0 Å². The van der Waals surface area contributed by atoms with Crippen molar-refractivity contribution in [1.82, 2.24) is 9.78 Å². The zero-order chi connectivity index (χ0) is 20.5. The maximum atomic E-state index is 11.5. The fourth-order valence-corrected chi connectivity index (χ4v) is 3.61. The summed E-state index contributed by atoms with van der Waals surface area (Å²) in [5.41, 5.74) is 2.23. The molecule has 0 atom stereocenters. The second-order valence-corrected chi connectivity index (χ2v) is 8.34. The summed E-state index contributed by atoms with van der Waals surface area (Å²) in [4.78, 5) is 10.9. The van der Waals surface area contributed by atoms with Gasteiger partial charge in [0.2, 0.25) is 10.0 Å². The van der Waals surface area contributed by atoms with Crippen molar-refractivity contribution >= 4 is 39.2 Å². The van der Waals surface area contributed by atoms with Gasteiger partial charge in [0.05, 0.1) is 33.4 Å². The third-order valence-corrected chi connectivity index (χ3v) is 5.58. The molecule has 3 N–H and O–H groups in total. The van der Waals surface area contributed by atoms with Gasteiger partial charge in [-0.15, -0.1) is 0 Å². The average Bonchev–Trinajstić information content (AvgIpc) is 2.96. The number of aryl methyl sites for hydroxylation is 1. The first-order chi connectivity index (χ1) is 13.2. The number of nitrogens with zero attached hydrogens (tertiary/aromatic N) is 2. The van der Waals surface area contributed by atoms with Crippen molar-refractivity contribution in [2.45, 2.75) is 17.7 Å². The third-order valence-electron chi connectivity index (χ3n) is 4.00. The number of carboxylic acids is 1. The van der Waals surface area contributed by atoms with Crippen molar-refractivity contribution in [3.8, 4) is 16.9 Å². The lowest BCUT2D eigenvalue weighted by Crippen LogP contribution is -2.12. The number of carboxylic acid groups (broad SMARTS) is 1. The van der Waals surface area contributed by atoms with Crippen molar-refractivity contribution in [2.75, 3.05) is 0 Å². The normalized spacial score (nSPS) is 11.5. The largest absolute Gasteiger partial charge is 0.481 e. The molecule has 3 aromatic rings. The standard InChI is InChI=1S/C18H15Cl2N3O4S/c19-12-3-1-11(2-4-12)18-17(20)15(9-10-16(24)25)22-23(18)13-5-7-14(8-6-13)28(21,26)27/h1-8H,9-10H2,(H,24,25)(H2,21,26,27). The zero-order valence-corrected chi connectivity index (χ0v) is 16.7. The minimum absolute atomic E-state index is 0.0337. The van der Waals surface area contributed by atoms with Crippen LogP contribution < -0.4 is 5.14 Å². The minimum atomic E-state index is -3.83. The Morgan fingerprint density at radius 2 is 1.68 bits per heavy atom. The molecule has 3 rings (SSSR count).